The Morgan fingerprint density at radius 3 is 1.39 bits per heavy atom. The molecular formula is C16H12O2S3Se2. The predicted octanol–water partition coefficient (Wildman–Crippen LogP) is 2.96. The topological polar surface area (TPSA) is 34.1 Å². The summed E-state index contributed by atoms with van der Waals surface area (Å²) in [6.07, 6.45) is 0. The van der Waals surface area contributed by atoms with Crippen LogP contribution in [0.2, 0.25) is 0 Å². The normalized spacial score (nSPS) is 10.9. The molecule has 0 fully saturated rings. The first-order valence-electron chi connectivity index (χ1n) is 6.68. The van der Waals surface area contributed by atoms with Gasteiger partial charge in [-0.05, 0) is 0 Å². The summed E-state index contributed by atoms with van der Waals surface area (Å²) in [5.74, 6) is 0. The number of carbonyl (C=O) groups is 2. The molecule has 2 nitrogen and oxygen atoms in total. The molecule has 118 valence electrons. The van der Waals surface area contributed by atoms with Gasteiger partial charge >= 0.3 is 160 Å². The molecule has 0 amide bonds. The fourth-order valence-corrected chi connectivity index (χ4v) is 9.28. The zero-order chi connectivity index (χ0) is 16.4. The first-order chi connectivity index (χ1) is 11.0. The fourth-order valence-electron chi connectivity index (χ4n) is 1.90. The van der Waals surface area contributed by atoms with Gasteiger partial charge < -0.3 is 0 Å². The minimum absolute atomic E-state index is 0.0551. The predicted molar refractivity (Wildman–Crippen MR) is 103 cm³/mol. The van der Waals surface area contributed by atoms with Crippen molar-refractivity contribution < 1.29 is 9.59 Å². The van der Waals surface area contributed by atoms with Gasteiger partial charge in [0.15, 0.2) is 0 Å². The van der Waals surface area contributed by atoms with Crippen LogP contribution in [0.1, 0.15) is 13.8 Å². The van der Waals surface area contributed by atoms with Gasteiger partial charge in [-0.1, -0.05) is 0 Å². The van der Waals surface area contributed by atoms with E-state index in [9.17, 15) is 9.59 Å². The Morgan fingerprint density at radius 1 is 0.652 bits per heavy atom. The maximum absolute atomic E-state index is 11.2. The first kappa shape index (κ1) is 17.3. The third-order valence-electron chi connectivity index (χ3n) is 2.74. The van der Waals surface area contributed by atoms with Gasteiger partial charge in [-0.25, -0.2) is 0 Å². The second kappa shape index (κ2) is 7.58. The van der Waals surface area contributed by atoms with Gasteiger partial charge in [0.1, 0.15) is 0 Å². The zero-order valence-electron chi connectivity index (χ0n) is 12.3. The Kier molecular flexibility index (Phi) is 5.70. The number of hydrogen-bond donors (Lipinski definition) is 0. The third kappa shape index (κ3) is 4.52. The van der Waals surface area contributed by atoms with Crippen LogP contribution in [-0.4, -0.2) is 39.3 Å². The van der Waals surface area contributed by atoms with E-state index in [1.165, 1.54) is 27.1 Å². The Labute approximate surface area is 159 Å². The van der Waals surface area contributed by atoms with Crippen LogP contribution in [-0.2, 0) is 9.59 Å². The quantitative estimate of drug-likeness (QED) is 0.499. The Hall–Kier alpha value is -0.521. The van der Waals surface area contributed by atoms with Gasteiger partial charge in [0.05, 0.1) is 0 Å². The summed E-state index contributed by atoms with van der Waals surface area (Å²) in [6.45, 7) is 3.30. The first-order valence-corrected chi connectivity index (χ1v) is 12.6. The zero-order valence-corrected chi connectivity index (χ0v) is 18.2. The standard InChI is InChI=1S/C16H12O2S3Se2/c1-9(17)22-15-7-5-13(20-15)11-3-4-12(19-11)14-6-8-16(21-14)23-10(2)18/h3-8H,1-2H3. The van der Waals surface area contributed by atoms with E-state index in [2.05, 4.69) is 36.4 Å². The molecular weight excluding hydrogens is 478 g/mol. The van der Waals surface area contributed by atoms with E-state index in [0.29, 0.717) is 0 Å². The summed E-state index contributed by atoms with van der Waals surface area (Å²) >= 11 is 5.09. The van der Waals surface area contributed by atoms with E-state index < -0.39 is 0 Å². The summed E-state index contributed by atoms with van der Waals surface area (Å²) in [4.78, 5) is 27.4. The van der Waals surface area contributed by atoms with Crippen LogP contribution in [0, 0.1) is 0 Å². The molecule has 3 aromatic heterocycles. The maximum atomic E-state index is 11.2. The van der Waals surface area contributed by atoms with Crippen molar-refractivity contribution in [3.8, 4) is 19.5 Å². The Balaban J connectivity index is 1.80. The average Bonchev–Trinajstić information content (AvgIpc) is 3.15. The average molecular weight is 490 g/mol. The van der Waals surface area contributed by atoms with Crippen LogP contribution in [0.3, 0.4) is 0 Å². The molecule has 0 aliphatic carbocycles. The summed E-state index contributed by atoms with van der Waals surface area (Å²) in [5, 5.41) is 0. The summed E-state index contributed by atoms with van der Waals surface area (Å²) < 4.78 is 2.88. The van der Waals surface area contributed by atoms with E-state index in [1.54, 1.807) is 47.9 Å². The van der Waals surface area contributed by atoms with Crippen LogP contribution in [0.15, 0.2) is 36.4 Å². The van der Waals surface area contributed by atoms with Crippen molar-refractivity contribution in [2.75, 3.05) is 0 Å². The van der Waals surface area contributed by atoms with Crippen LogP contribution in [0.4, 0.5) is 0 Å². The fraction of sp³-hybridized carbons (Fsp3) is 0.125. The second-order valence-corrected chi connectivity index (χ2v) is 14.1. The molecule has 23 heavy (non-hydrogen) atoms. The molecule has 0 spiro atoms. The van der Waals surface area contributed by atoms with Crippen LogP contribution < -0.4 is 7.55 Å². The molecule has 0 aliphatic heterocycles. The van der Waals surface area contributed by atoms with Gasteiger partial charge in [0.2, 0.25) is 0 Å². The van der Waals surface area contributed by atoms with Crippen molar-refractivity contribution in [2.24, 2.45) is 0 Å². The van der Waals surface area contributed by atoms with E-state index in [-0.39, 0.29) is 39.3 Å². The molecule has 0 aromatic carbocycles. The Morgan fingerprint density at radius 2 is 1.00 bits per heavy atom. The molecule has 3 heterocycles. The molecule has 0 N–H and O–H groups in total. The van der Waals surface area contributed by atoms with Crippen molar-refractivity contribution >= 4 is 80.8 Å². The third-order valence-corrected chi connectivity index (χ3v) is 10.5. The number of rotatable bonds is 6. The summed E-state index contributed by atoms with van der Waals surface area (Å²) in [5.41, 5.74) is 0. The van der Waals surface area contributed by atoms with Crippen molar-refractivity contribution in [2.45, 2.75) is 13.8 Å². The molecule has 0 aliphatic rings. The van der Waals surface area contributed by atoms with E-state index in [0.717, 1.165) is 0 Å². The molecule has 0 saturated heterocycles. The van der Waals surface area contributed by atoms with E-state index in [1.807, 2.05) is 0 Å². The van der Waals surface area contributed by atoms with Gasteiger partial charge in [0, 0.05) is 0 Å². The molecule has 0 bridgehead atoms. The molecule has 7 heteroatoms. The van der Waals surface area contributed by atoms with E-state index >= 15 is 0 Å². The Bertz CT molecular complexity index is 791. The molecule has 0 saturated carbocycles. The molecule has 3 rings (SSSR count). The van der Waals surface area contributed by atoms with Gasteiger partial charge in [-0.15, -0.1) is 0 Å². The SMILES string of the molecule is CC(=O)[Se]c1ccc(-c2ccc(-c3ccc([Se]C(C)=O)s3)s2)s1. The van der Waals surface area contributed by atoms with Crippen molar-refractivity contribution in [1.82, 2.24) is 0 Å². The number of hydrogen-bond acceptors (Lipinski definition) is 5. The van der Waals surface area contributed by atoms with Crippen molar-refractivity contribution in [3.05, 3.63) is 36.4 Å². The summed E-state index contributed by atoms with van der Waals surface area (Å²) in [7, 11) is 0. The van der Waals surface area contributed by atoms with Crippen molar-refractivity contribution in [3.63, 3.8) is 0 Å². The molecule has 3 aromatic rings. The van der Waals surface area contributed by atoms with Crippen LogP contribution in [0.5, 0.6) is 0 Å². The molecule has 0 radical (unpaired) electrons. The van der Waals surface area contributed by atoms with Crippen LogP contribution >= 0.6 is 34.0 Å². The van der Waals surface area contributed by atoms with Crippen LogP contribution in [0.25, 0.3) is 19.5 Å². The minimum atomic E-state index is -0.0551. The van der Waals surface area contributed by atoms with Crippen molar-refractivity contribution in [1.29, 1.82) is 0 Å². The number of thiophene rings is 3. The molecule has 0 atom stereocenters. The molecule has 0 unspecified atom stereocenters. The van der Waals surface area contributed by atoms with Gasteiger partial charge in [-0.2, -0.15) is 0 Å². The second-order valence-electron chi connectivity index (χ2n) is 4.59. The number of carbonyl (C=O) groups excluding carboxylic acids is 2. The van der Waals surface area contributed by atoms with E-state index in [4.69, 9.17) is 0 Å². The monoisotopic (exact) mass is 492 g/mol. The van der Waals surface area contributed by atoms with Gasteiger partial charge in [-0.3, -0.25) is 0 Å². The van der Waals surface area contributed by atoms with Gasteiger partial charge in [0.25, 0.3) is 0 Å². The summed E-state index contributed by atoms with van der Waals surface area (Å²) in [6, 6.07) is 12.6.